The molecule has 19 heavy (non-hydrogen) atoms. The van der Waals surface area contributed by atoms with E-state index in [2.05, 4.69) is 17.6 Å². The summed E-state index contributed by atoms with van der Waals surface area (Å²) in [7, 11) is 0. The van der Waals surface area contributed by atoms with Crippen LogP contribution in [0, 0.1) is 5.92 Å². The summed E-state index contributed by atoms with van der Waals surface area (Å²) < 4.78 is 0. The van der Waals surface area contributed by atoms with Crippen molar-refractivity contribution in [3.63, 3.8) is 0 Å². The van der Waals surface area contributed by atoms with Crippen LogP contribution in [0.1, 0.15) is 25.3 Å². The van der Waals surface area contributed by atoms with Gasteiger partial charge in [0, 0.05) is 11.6 Å². The maximum absolute atomic E-state index is 12.0. The standard InChI is InChI=1S/C15H21ClN2O/c1-11-5-7-17-14(9-11)15(19)18-8-6-12-3-2-4-13(16)10-12/h2-4,10-11,14,17H,5-9H2,1H3,(H,18,19). The molecule has 0 aromatic heterocycles. The first-order valence-corrected chi connectivity index (χ1v) is 7.28. The number of carbonyl (C=O) groups excluding carboxylic acids is 1. The van der Waals surface area contributed by atoms with Gasteiger partial charge in [-0.3, -0.25) is 4.79 Å². The van der Waals surface area contributed by atoms with Gasteiger partial charge in [0.2, 0.25) is 5.91 Å². The van der Waals surface area contributed by atoms with Crippen molar-refractivity contribution in [3.8, 4) is 0 Å². The molecule has 1 aromatic rings. The fraction of sp³-hybridized carbons (Fsp3) is 0.533. The molecule has 0 bridgehead atoms. The minimum atomic E-state index is -0.0249. The fourth-order valence-corrected chi connectivity index (χ4v) is 2.67. The van der Waals surface area contributed by atoms with Gasteiger partial charge in [0.1, 0.15) is 0 Å². The zero-order valence-corrected chi connectivity index (χ0v) is 12.0. The summed E-state index contributed by atoms with van der Waals surface area (Å²) in [5.41, 5.74) is 1.15. The van der Waals surface area contributed by atoms with Gasteiger partial charge in [-0.2, -0.15) is 0 Å². The smallest absolute Gasteiger partial charge is 0.237 e. The highest BCUT2D eigenvalue weighted by molar-refractivity contribution is 6.30. The number of amides is 1. The van der Waals surface area contributed by atoms with Gasteiger partial charge in [-0.25, -0.2) is 0 Å². The Bertz CT molecular complexity index is 436. The Balaban J connectivity index is 1.74. The highest BCUT2D eigenvalue weighted by atomic mass is 35.5. The third kappa shape index (κ3) is 4.51. The maximum atomic E-state index is 12.0. The molecule has 2 rings (SSSR count). The molecule has 4 heteroatoms. The first-order chi connectivity index (χ1) is 9.15. The Kier molecular flexibility index (Phi) is 5.23. The average molecular weight is 281 g/mol. The number of carbonyl (C=O) groups is 1. The highest BCUT2D eigenvalue weighted by Crippen LogP contribution is 2.15. The molecule has 1 aliphatic heterocycles. The number of nitrogens with one attached hydrogen (secondary N) is 2. The quantitative estimate of drug-likeness (QED) is 0.889. The van der Waals surface area contributed by atoms with E-state index in [9.17, 15) is 4.79 Å². The van der Waals surface area contributed by atoms with Gasteiger partial charge < -0.3 is 10.6 Å². The van der Waals surface area contributed by atoms with Gasteiger partial charge in [0.15, 0.2) is 0 Å². The molecule has 1 aromatic carbocycles. The molecule has 2 N–H and O–H groups in total. The predicted molar refractivity (Wildman–Crippen MR) is 78.4 cm³/mol. The maximum Gasteiger partial charge on any atom is 0.237 e. The zero-order chi connectivity index (χ0) is 13.7. The monoisotopic (exact) mass is 280 g/mol. The van der Waals surface area contributed by atoms with Crippen LogP contribution in [0.2, 0.25) is 5.02 Å². The average Bonchev–Trinajstić information content (AvgIpc) is 2.38. The molecule has 1 fully saturated rings. The van der Waals surface area contributed by atoms with Crippen LogP contribution in [0.3, 0.4) is 0 Å². The van der Waals surface area contributed by atoms with Gasteiger partial charge in [-0.15, -0.1) is 0 Å². The Hall–Kier alpha value is -1.06. The van der Waals surface area contributed by atoms with Crippen molar-refractivity contribution in [1.82, 2.24) is 10.6 Å². The Morgan fingerprint density at radius 3 is 3.11 bits per heavy atom. The van der Waals surface area contributed by atoms with E-state index in [0.29, 0.717) is 12.5 Å². The van der Waals surface area contributed by atoms with E-state index in [-0.39, 0.29) is 11.9 Å². The molecule has 2 atom stereocenters. The second-order valence-corrected chi connectivity index (χ2v) is 5.74. The first kappa shape index (κ1) is 14.4. The highest BCUT2D eigenvalue weighted by Gasteiger charge is 2.23. The van der Waals surface area contributed by atoms with E-state index in [4.69, 9.17) is 11.6 Å². The number of benzene rings is 1. The topological polar surface area (TPSA) is 41.1 Å². The molecular weight excluding hydrogens is 260 g/mol. The van der Waals surface area contributed by atoms with Crippen molar-refractivity contribution in [2.45, 2.75) is 32.2 Å². The van der Waals surface area contributed by atoms with E-state index in [1.807, 2.05) is 24.3 Å². The van der Waals surface area contributed by atoms with E-state index in [0.717, 1.165) is 36.4 Å². The Morgan fingerprint density at radius 1 is 1.53 bits per heavy atom. The van der Waals surface area contributed by atoms with Crippen molar-refractivity contribution >= 4 is 17.5 Å². The largest absolute Gasteiger partial charge is 0.354 e. The summed E-state index contributed by atoms with van der Waals surface area (Å²) in [5, 5.41) is 7.01. The molecule has 1 saturated heterocycles. The normalized spacial score (nSPS) is 23.1. The van der Waals surface area contributed by atoms with Crippen molar-refractivity contribution in [2.75, 3.05) is 13.1 Å². The minimum absolute atomic E-state index is 0.0249. The van der Waals surface area contributed by atoms with E-state index >= 15 is 0 Å². The van der Waals surface area contributed by atoms with Gasteiger partial charge in [0.25, 0.3) is 0 Å². The van der Waals surface area contributed by atoms with Gasteiger partial charge >= 0.3 is 0 Å². The summed E-state index contributed by atoms with van der Waals surface area (Å²) in [4.78, 5) is 12.0. The third-order valence-electron chi connectivity index (χ3n) is 3.58. The fourth-order valence-electron chi connectivity index (χ4n) is 2.45. The van der Waals surface area contributed by atoms with E-state index in [1.54, 1.807) is 0 Å². The molecule has 1 amide bonds. The summed E-state index contributed by atoms with van der Waals surface area (Å²) in [6.45, 7) is 3.80. The van der Waals surface area contributed by atoms with Gasteiger partial charge in [-0.05, 0) is 49.4 Å². The van der Waals surface area contributed by atoms with Crippen LogP contribution in [0.15, 0.2) is 24.3 Å². The van der Waals surface area contributed by atoms with Crippen molar-refractivity contribution in [3.05, 3.63) is 34.9 Å². The van der Waals surface area contributed by atoms with Crippen LogP contribution in [-0.4, -0.2) is 25.0 Å². The molecule has 0 aliphatic carbocycles. The first-order valence-electron chi connectivity index (χ1n) is 6.90. The number of hydrogen-bond donors (Lipinski definition) is 2. The van der Waals surface area contributed by atoms with Crippen molar-refractivity contribution in [2.24, 2.45) is 5.92 Å². The molecule has 0 radical (unpaired) electrons. The molecule has 0 spiro atoms. The number of hydrogen-bond acceptors (Lipinski definition) is 2. The molecule has 1 aliphatic rings. The second-order valence-electron chi connectivity index (χ2n) is 5.31. The van der Waals surface area contributed by atoms with E-state index < -0.39 is 0 Å². The van der Waals surface area contributed by atoms with Crippen LogP contribution >= 0.6 is 11.6 Å². The zero-order valence-electron chi connectivity index (χ0n) is 11.3. The van der Waals surface area contributed by atoms with E-state index in [1.165, 1.54) is 0 Å². The predicted octanol–water partition coefficient (Wildman–Crippen LogP) is 2.39. The second kappa shape index (κ2) is 6.92. The lowest BCUT2D eigenvalue weighted by Crippen LogP contribution is -2.48. The van der Waals surface area contributed by atoms with Crippen LogP contribution in [-0.2, 0) is 11.2 Å². The van der Waals surface area contributed by atoms with Gasteiger partial charge in [-0.1, -0.05) is 30.7 Å². The molecule has 0 saturated carbocycles. The number of rotatable bonds is 4. The third-order valence-corrected chi connectivity index (χ3v) is 3.82. The van der Waals surface area contributed by atoms with Gasteiger partial charge in [0.05, 0.1) is 6.04 Å². The Labute approximate surface area is 119 Å². The van der Waals surface area contributed by atoms with Crippen molar-refractivity contribution < 1.29 is 4.79 Å². The molecule has 1 heterocycles. The molecule has 3 nitrogen and oxygen atoms in total. The number of piperidine rings is 1. The minimum Gasteiger partial charge on any atom is -0.354 e. The van der Waals surface area contributed by atoms with Crippen molar-refractivity contribution in [1.29, 1.82) is 0 Å². The lowest BCUT2D eigenvalue weighted by Gasteiger charge is -2.27. The molecule has 104 valence electrons. The lowest BCUT2D eigenvalue weighted by molar-refractivity contribution is -0.123. The van der Waals surface area contributed by atoms with Crippen LogP contribution in [0.25, 0.3) is 0 Å². The summed E-state index contributed by atoms with van der Waals surface area (Å²) in [6, 6.07) is 7.73. The summed E-state index contributed by atoms with van der Waals surface area (Å²) >= 11 is 5.93. The van der Waals surface area contributed by atoms with Crippen LogP contribution in [0.5, 0.6) is 0 Å². The summed E-state index contributed by atoms with van der Waals surface area (Å²) in [6.07, 6.45) is 2.91. The van der Waals surface area contributed by atoms with Crippen LogP contribution in [0.4, 0.5) is 0 Å². The lowest BCUT2D eigenvalue weighted by atomic mass is 9.94. The summed E-state index contributed by atoms with van der Waals surface area (Å²) in [5.74, 6) is 0.749. The number of halogens is 1. The Morgan fingerprint density at radius 2 is 2.37 bits per heavy atom. The SMILES string of the molecule is CC1CCNC(C(=O)NCCc2cccc(Cl)c2)C1. The molecular formula is C15H21ClN2O. The van der Waals surface area contributed by atoms with Crippen LogP contribution < -0.4 is 10.6 Å². The molecule has 2 unspecified atom stereocenters.